The van der Waals surface area contributed by atoms with Crippen LogP contribution >= 0.6 is 23.1 Å². The number of ether oxygens (including phenoxy) is 1. The fourth-order valence-corrected chi connectivity index (χ4v) is 13.7. The zero-order valence-corrected chi connectivity index (χ0v) is 44.7. The molecule has 74 heavy (non-hydrogen) atoms. The first kappa shape index (κ1) is 49.6. The highest BCUT2D eigenvalue weighted by Crippen LogP contribution is 2.47. The maximum Gasteiger partial charge on any atom is 0.262 e. The molecule has 3 N–H and O–H groups in total. The van der Waals surface area contributed by atoms with Gasteiger partial charge in [-0.1, -0.05) is 30.3 Å². The van der Waals surface area contributed by atoms with E-state index in [9.17, 15) is 23.7 Å². The number of aromatic nitrogens is 4. The summed E-state index contributed by atoms with van der Waals surface area (Å²) < 4.78 is 22.3. The molecule has 0 bridgehead atoms. The normalized spacial score (nSPS) is 19.6. The SMILES string of the molecule is COc1cc(N2CCC3(CCN(CC4CCN(c5ccc6c(c5)C(=O)N(C5CCC(=O)NC5=O)C6=O)CC4)CC3)CC2)c(-c2cnn(C)c2)cc1Nc1ncc(Br)c(Nc2ccc3ccccc3c2P(C)(C)=O)n1. The molecule has 5 aliphatic heterocycles. The van der Waals surface area contributed by atoms with Crippen molar-refractivity contribution in [2.75, 3.05) is 86.7 Å². The molecule has 4 aromatic carbocycles. The molecule has 5 aliphatic rings. The zero-order chi connectivity index (χ0) is 51.5. The number of imide groups is 2. The largest absolute Gasteiger partial charge is 0.494 e. The van der Waals surface area contributed by atoms with Crippen LogP contribution in [0.15, 0.2) is 89.8 Å². The number of anilines is 6. The highest BCUT2D eigenvalue weighted by Gasteiger charge is 2.45. The minimum absolute atomic E-state index is 0.0942. The fraction of sp³-hybridized carbons (Fsp3) is 0.400. The average molecular weight is 1080 g/mol. The Morgan fingerprint density at radius 1 is 0.811 bits per heavy atom. The second-order valence-corrected chi connectivity index (χ2v) is 25.0. The van der Waals surface area contributed by atoms with Crippen LogP contribution in [0.3, 0.4) is 0 Å². The number of fused-ring (bicyclic) bond motifs is 2. The van der Waals surface area contributed by atoms with Crippen LogP contribution in [0.2, 0.25) is 0 Å². The Bertz CT molecular complexity index is 3260. The van der Waals surface area contributed by atoms with Gasteiger partial charge in [0.15, 0.2) is 0 Å². The van der Waals surface area contributed by atoms with E-state index in [1.54, 1.807) is 38.8 Å². The van der Waals surface area contributed by atoms with E-state index in [-0.39, 0.29) is 18.7 Å². The van der Waals surface area contributed by atoms with Gasteiger partial charge in [0.2, 0.25) is 17.8 Å². The first-order valence-electron chi connectivity index (χ1n) is 25.6. The summed E-state index contributed by atoms with van der Waals surface area (Å²) in [5.41, 5.74) is 6.42. The van der Waals surface area contributed by atoms with Crippen molar-refractivity contribution >= 4 is 97.3 Å². The van der Waals surface area contributed by atoms with E-state index in [1.165, 1.54) is 12.8 Å². The Morgan fingerprint density at radius 2 is 1.55 bits per heavy atom. The summed E-state index contributed by atoms with van der Waals surface area (Å²) in [5.74, 6) is 0.205. The summed E-state index contributed by atoms with van der Waals surface area (Å²) in [6, 6.07) is 20.7. The molecule has 7 heterocycles. The van der Waals surface area contributed by atoms with Gasteiger partial charge in [-0.15, -0.1) is 0 Å². The molecule has 384 valence electrons. The van der Waals surface area contributed by atoms with Crippen LogP contribution in [0.5, 0.6) is 5.75 Å². The van der Waals surface area contributed by atoms with Gasteiger partial charge in [-0.05, 0) is 140 Å². The zero-order valence-electron chi connectivity index (χ0n) is 42.2. The standard InChI is InChI=1S/C55H61BrN11O6P/c1-63-33-36(30-58-63)40-28-44(60-54-57-31-42(56)50(62-54)59-43-12-9-35-7-5-6-8-38(35)49(43)74(3,4)72)47(73-2)29-46(40)66-25-19-55(20-26-66)17-23-64(24-18-55)32-34-15-21-65(22-16-34)37-10-11-39-41(27-37)53(71)67(52(39)70)45-13-14-48(68)61-51(45)69/h5-12,27-31,33-34,45H,13-26,32H2,1-4H3,(H,61,68,69)(H2,57,59,60,62). The number of aryl methyl sites for hydroxylation is 1. The predicted octanol–water partition coefficient (Wildman–Crippen LogP) is 8.54. The Kier molecular flexibility index (Phi) is 13.3. The Labute approximate surface area is 438 Å². The van der Waals surface area contributed by atoms with E-state index >= 15 is 0 Å². The lowest BCUT2D eigenvalue weighted by Crippen LogP contribution is -2.54. The summed E-state index contributed by atoms with van der Waals surface area (Å²) >= 11 is 3.65. The molecule has 2 aromatic heterocycles. The van der Waals surface area contributed by atoms with Crippen molar-refractivity contribution in [3.63, 3.8) is 0 Å². The van der Waals surface area contributed by atoms with Crippen molar-refractivity contribution in [3.8, 4) is 16.9 Å². The highest BCUT2D eigenvalue weighted by molar-refractivity contribution is 9.10. The van der Waals surface area contributed by atoms with Crippen molar-refractivity contribution in [1.29, 1.82) is 0 Å². The van der Waals surface area contributed by atoms with E-state index in [4.69, 9.17) is 9.72 Å². The number of nitrogens with one attached hydrogen (secondary N) is 3. The number of rotatable bonds is 12. The van der Waals surface area contributed by atoms with Crippen molar-refractivity contribution in [2.45, 2.75) is 57.4 Å². The van der Waals surface area contributed by atoms with Gasteiger partial charge in [0.05, 0.1) is 40.3 Å². The topological polar surface area (TPSA) is 187 Å². The molecule has 1 unspecified atom stereocenters. The minimum atomic E-state index is -2.71. The Hall–Kier alpha value is -6.62. The van der Waals surface area contributed by atoms with Crippen molar-refractivity contribution in [3.05, 3.63) is 101 Å². The minimum Gasteiger partial charge on any atom is -0.494 e. The summed E-state index contributed by atoms with van der Waals surface area (Å²) in [6.07, 6.45) is 12.6. The monoisotopic (exact) mass is 1080 g/mol. The van der Waals surface area contributed by atoms with Crippen LogP contribution < -0.4 is 35.8 Å². The molecule has 0 saturated carbocycles. The summed E-state index contributed by atoms with van der Waals surface area (Å²) in [5, 5.41) is 16.5. The molecule has 11 rings (SSSR count). The lowest BCUT2D eigenvalue weighted by Gasteiger charge is -2.48. The summed E-state index contributed by atoms with van der Waals surface area (Å²) in [4.78, 5) is 69.1. The number of hydrogen-bond acceptors (Lipinski definition) is 14. The number of nitrogens with zero attached hydrogens (tertiary/aromatic N) is 8. The maximum atomic E-state index is 13.7. The third-order valence-electron chi connectivity index (χ3n) is 16.0. The number of carbonyl (C=O) groups is 4. The molecular formula is C55H61BrN11O6P. The molecule has 19 heteroatoms. The highest BCUT2D eigenvalue weighted by atomic mass is 79.9. The quantitative estimate of drug-likeness (QED) is 0.0782. The molecule has 4 amide bonds. The van der Waals surface area contributed by atoms with E-state index in [2.05, 4.69) is 68.8 Å². The number of likely N-dealkylation sites (tertiary alicyclic amines) is 1. The molecule has 1 spiro atoms. The second kappa shape index (κ2) is 19.9. The number of carbonyl (C=O) groups excluding carboxylic acids is 4. The van der Waals surface area contributed by atoms with Gasteiger partial charge < -0.3 is 34.6 Å². The molecule has 4 fully saturated rings. The van der Waals surface area contributed by atoms with Gasteiger partial charge in [0.25, 0.3) is 11.8 Å². The first-order chi connectivity index (χ1) is 35.6. The van der Waals surface area contributed by atoms with Crippen LogP contribution in [0.1, 0.15) is 72.1 Å². The van der Waals surface area contributed by atoms with Crippen LogP contribution in [-0.4, -0.2) is 125 Å². The Balaban J connectivity index is 0.719. The molecule has 17 nitrogen and oxygen atoms in total. The number of hydrogen-bond donors (Lipinski definition) is 3. The summed E-state index contributed by atoms with van der Waals surface area (Å²) in [6.45, 7) is 10.5. The van der Waals surface area contributed by atoms with Crippen LogP contribution in [-0.2, 0) is 21.2 Å². The van der Waals surface area contributed by atoms with Gasteiger partial charge in [-0.3, -0.25) is 34.1 Å². The summed E-state index contributed by atoms with van der Waals surface area (Å²) in [7, 11) is 0.904. The first-order valence-corrected chi connectivity index (χ1v) is 29.0. The molecule has 0 radical (unpaired) electrons. The van der Waals surface area contributed by atoms with Gasteiger partial charge in [0, 0.05) is 92.5 Å². The van der Waals surface area contributed by atoms with E-state index in [1.807, 2.05) is 66.6 Å². The number of benzene rings is 4. The van der Waals surface area contributed by atoms with Crippen molar-refractivity contribution in [2.24, 2.45) is 18.4 Å². The van der Waals surface area contributed by atoms with Crippen LogP contribution in [0.25, 0.3) is 21.9 Å². The molecule has 4 saturated heterocycles. The number of amides is 4. The van der Waals surface area contributed by atoms with Crippen molar-refractivity contribution < 1.29 is 28.5 Å². The third-order valence-corrected chi connectivity index (χ3v) is 18.2. The van der Waals surface area contributed by atoms with Gasteiger partial charge in [-0.2, -0.15) is 10.1 Å². The molecular weight excluding hydrogens is 1020 g/mol. The van der Waals surface area contributed by atoms with E-state index in [0.717, 1.165) is 121 Å². The molecule has 1 atom stereocenters. The second-order valence-electron chi connectivity index (χ2n) is 21.0. The number of halogens is 1. The third kappa shape index (κ3) is 9.67. The average Bonchev–Trinajstić information content (AvgIpc) is 3.94. The van der Waals surface area contributed by atoms with Gasteiger partial charge in [-0.25, -0.2) is 4.98 Å². The molecule has 0 aliphatic carbocycles. The van der Waals surface area contributed by atoms with Crippen molar-refractivity contribution in [1.82, 2.24) is 34.9 Å². The van der Waals surface area contributed by atoms with E-state index < -0.39 is 30.9 Å². The fourth-order valence-electron chi connectivity index (χ4n) is 11.9. The van der Waals surface area contributed by atoms with Crippen LogP contribution in [0.4, 0.5) is 34.5 Å². The maximum absolute atomic E-state index is 13.7. The van der Waals surface area contributed by atoms with E-state index in [0.29, 0.717) is 50.1 Å². The lowest BCUT2D eigenvalue weighted by atomic mass is 9.71. The smallest absolute Gasteiger partial charge is 0.262 e. The van der Waals surface area contributed by atoms with Crippen LogP contribution in [0, 0.1) is 11.3 Å². The molecule has 6 aromatic rings. The lowest BCUT2D eigenvalue weighted by molar-refractivity contribution is -0.136. The Morgan fingerprint density at radius 3 is 2.27 bits per heavy atom. The predicted molar refractivity (Wildman–Crippen MR) is 292 cm³/mol. The van der Waals surface area contributed by atoms with Gasteiger partial charge >= 0.3 is 0 Å². The van der Waals surface area contributed by atoms with Gasteiger partial charge in [0.1, 0.15) is 24.8 Å². The number of methoxy groups -OCH3 is 1. The number of piperidine rings is 4.